The lowest BCUT2D eigenvalue weighted by atomic mass is 10.1. The van der Waals surface area contributed by atoms with Gasteiger partial charge >= 0.3 is 5.97 Å². The zero-order chi connectivity index (χ0) is 10.2. The molecule has 1 aliphatic rings. The highest BCUT2D eigenvalue weighted by Gasteiger charge is 2.09. The van der Waals surface area contributed by atoms with Crippen molar-refractivity contribution in [3.05, 3.63) is 11.8 Å². The summed E-state index contributed by atoms with van der Waals surface area (Å²) in [5, 5.41) is 0. The van der Waals surface area contributed by atoms with Crippen LogP contribution in [0.3, 0.4) is 0 Å². The number of carbonyl (C=O) groups is 1. The third-order valence-electron chi connectivity index (χ3n) is 2.48. The van der Waals surface area contributed by atoms with Crippen LogP contribution in [0, 0.1) is 0 Å². The minimum absolute atomic E-state index is 0.0487. The smallest absolute Gasteiger partial charge is 0.310 e. The Bertz CT molecular complexity index is 206. The molecule has 1 rings (SSSR count). The summed E-state index contributed by atoms with van der Waals surface area (Å²) in [4.78, 5) is 11.2. The molecule has 0 saturated carbocycles. The second-order valence-corrected chi connectivity index (χ2v) is 3.85. The maximum atomic E-state index is 11.2. The summed E-state index contributed by atoms with van der Waals surface area (Å²) in [6.07, 6.45) is 10.3. The summed E-state index contributed by atoms with van der Waals surface area (Å²) in [5.41, 5.74) is 0. The van der Waals surface area contributed by atoms with Crippen LogP contribution in [0.2, 0.25) is 0 Å². The van der Waals surface area contributed by atoms with E-state index in [9.17, 15) is 4.79 Å². The highest BCUT2D eigenvalue weighted by Crippen LogP contribution is 2.17. The standard InChI is InChI=1S/C12H20O2/c1-2-3-5-8-11-9-6-4-7-10-12(13)14-11/h9H,2-8,10H2,1H3/b11-9-. The van der Waals surface area contributed by atoms with Gasteiger partial charge in [0.05, 0.1) is 0 Å². The average molecular weight is 196 g/mol. The van der Waals surface area contributed by atoms with Gasteiger partial charge in [-0.05, 0) is 31.8 Å². The van der Waals surface area contributed by atoms with E-state index in [1.165, 1.54) is 12.8 Å². The van der Waals surface area contributed by atoms with Crippen molar-refractivity contribution >= 4 is 5.97 Å². The van der Waals surface area contributed by atoms with Crippen molar-refractivity contribution in [2.24, 2.45) is 0 Å². The molecule has 0 aromatic carbocycles. The molecule has 2 nitrogen and oxygen atoms in total. The highest BCUT2D eigenvalue weighted by atomic mass is 16.5. The predicted octanol–water partition coefficient (Wildman–Crippen LogP) is 3.57. The molecule has 0 spiro atoms. The molecular weight excluding hydrogens is 176 g/mol. The monoisotopic (exact) mass is 196 g/mol. The zero-order valence-corrected chi connectivity index (χ0v) is 9.05. The van der Waals surface area contributed by atoms with E-state index in [-0.39, 0.29) is 5.97 Å². The summed E-state index contributed by atoms with van der Waals surface area (Å²) in [6, 6.07) is 0. The van der Waals surface area contributed by atoms with Crippen LogP contribution in [-0.4, -0.2) is 5.97 Å². The fourth-order valence-electron chi connectivity index (χ4n) is 1.62. The van der Waals surface area contributed by atoms with Gasteiger partial charge in [-0.15, -0.1) is 0 Å². The lowest BCUT2D eigenvalue weighted by Crippen LogP contribution is -2.06. The van der Waals surface area contributed by atoms with Crippen molar-refractivity contribution in [3.63, 3.8) is 0 Å². The van der Waals surface area contributed by atoms with Crippen LogP contribution in [-0.2, 0) is 9.53 Å². The quantitative estimate of drug-likeness (QED) is 0.507. The Labute approximate surface area is 86.3 Å². The Balaban J connectivity index is 2.34. The minimum atomic E-state index is -0.0487. The first kappa shape index (κ1) is 11.3. The van der Waals surface area contributed by atoms with E-state index >= 15 is 0 Å². The molecule has 0 bridgehead atoms. The summed E-state index contributed by atoms with van der Waals surface area (Å²) in [7, 11) is 0. The summed E-state index contributed by atoms with van der Waals surface area (Å²) in [5.74, 6) is 0.857. The number of rotatable bonds is 4. The Kier molecular flexibility index (Phi) is 5.35. The molecule has 0 aromatic heterocycles. The van der Waals surface area contributed by atoms with E-state index < -0.39 is 0 Å². The maximum absolute atomic E-state index is 11.2. The molecule has 1 heterocycles. The molecule has 80 valence electrons. The lowest BCUT2D eigenvalue weighted by molar-refractivity contribution is -0.140. The molecule has 0 unspecified atom stereocenters. The van der Waals surface area contributed by atoms with Crippen LogP contribution in [0.25, 0.3) is 0 Å². The maximum Gasteiger partial charge on any atom is 0.310 e. The second-order valence-electron chi connectivity index (χ2n) is 3.85. The first-order valence-electron chi connectivity index (χ1n) is 5.72. The fraction of sp³-hybridized carbons (Fsp3) is 0.750. The van der Waals surface area contributed by atoms with Gasteiger partial charge < -0.3 is 4.74 Å². The third kappa shape index (κ3) is 4.45. The van der Waals surface area contributed by atoms with Gasteiger partial charge in [0.25, 0.3) is 0 Å². The molecule has 0 aromatic rings. The SMILES string of the molecule is CCCCC/C1=C/CCCCC(=O)O1. The van der Waals surface area contributed by atoms with Crippen molar-refractivity contribution in [3.8, 4) is 0 Å². The number of ether oxygens (including phenoxy) is 1. The van der Waals surface area contributed by atoms with Gasteiger partial charge in [0.15, 0.2) is 0 Å². The summed E-state index contributed by atoms with van der Waals surface area (Å²) in [6.45, 7) is 2.18. The second kappa shape index (κ2) is 6.63. The number of cyclic esters (lactones) is 1. The van der Waals surface area contributed by atoms with Gasteiger partial charge in [0, 0.05) is 12.8 Å². The molecule has 0 fully saturated rings. The third-order valence-corrected chi connectivity index (χ3v) is 2.48. The Morgan fingerprint density at radius 3 is 3.00 bits per heavy atom. The summed E-state index contributed by atoms with van der Waals surface area (Å²) >= 11 is 0. The highest BCUT2D eigenvalue weighted by molar-refractivity contribution is 5.70. The number of allylic oxidation sites excluding steroid dienone is 2. The van der Waals surface area contributed by atoms with Gasteiger partial charge in [-0.1, -0.05) is 19.8 Å². The van der Waals surface area contributed by atoms with Crippen molar-refractivity contribution in [2.45, 2.75) is 58.3 Å². The zero-order valence-electron chi connectivity index (χ0n) is 9.05. The van der Waals surface area contributed by atoms with Crippen LogP contribution in [0.5, 0.6) is 0 Å². The summed E-state index contributed by atoms with van der Waals surface area (Å²) < 4.78 is 5.26. The molecule has 2 heteroatoms. The van der Waals surface area contributed by atoms with Crippen LogP contribution < -0.4 is 0 Å². The van der Waals surface area contributed by atoms with Crippen molar-refractivity contribution in [1.82, 2.24) is 0 Å². The van der Waals surface area contributed by atoms with Gasteiger partial charge in [0.1, 0.15) is 5.76 Å². The number of carbonyl (C=O) groups excluding carboxylic acids is 1. The van der Waals surface area contributed by atoms with E-state index in [4.69, 9.17) is 4.74 Å². The van der Waals surface area contributed by atoms with E-state index in [1.54, 1.807) is 0 Å². The molecular formula is C12H20O2. The fourth-order valence-corrected chi connectivity index (χ4v) is 1.62. The first-order chi connectivity index (χ1) is 6.83. The van der Waals surface area contributed by atoms with Crippen LogP contribution in [0.4, 0.5) is 0 Å². The lowest BCUT2D eigenvalue weighted by Gasteiger charge is -2.11. The van der Waals surface area contributed by atoms with Crippen LogP contribution >= 0.6 is 0 Å². The molecule has 0 atom stereocenters. The molecule has 1 aliphatic heterocycles. The average Bonchev–Trinajstić information content (AvgIpc) is 2.13. The van der Waals surface area contributed by atoms with Crippen molar-refractivity contribution in [1.29, 1.82) is 0 Å². The largest absolute Gasteiger partial charge is 0.431 e. The van der Waals surface area contributed by atoms with Gasteiger partial charge in [0.2, 0.25) is 0 Å². The number of hydrogen-bond donors (Lipinski definition) is 0. The number of hydrogen-bond acceptors (Lipinski definition) is 2. The van der Waals surface area contributed by atoms with Crippen LogP contribution in [0.15, 0.2) is 11.8 Å². The van der Waals surface area contributed by atoms with Gasteiger partial charge in [-0.3, -0.25) is 4.79 Å². The molecule has 0 saturated heterocycles. The molecule has 0 amide bonds. The van der Waals surface area contributed by atoms with Crippen molar-refractivity contribution in [2.75, 3.05) is 0 Å². The van der Waals surface area contributed by atoms with E-state index in [2.05, 4.69) is 13.0 Å². The number of unbranched alkanes of at least 4 members (excludes halogenated alkanes) is 2. The Morgan fingerprint density at radius 2 is 2.21 bits per heavy atom. The first-order valence-corrected chi connectivity index (χ1v) is 5.72. The van der Waals surface area contributed by atoms with E-state index in [1.807, 2.05) is 0 Å². The molecule has 0 aliphatic carbocycles. The molecule has 0 radical (unpaired) electrons. The van der Waals surface area contributed by atoms with E-state index in [0.29, 0.717) is 6.42 Å². The van der Waals surface area contributed by atoms with Gasteiger partial charge in [-0.2, -0.15) is 0 Å². The van der Waals surface area contributed by atoms with Crippen LogP contribution in [0.1, 0.15) is 58.3 Å². The molecule has 0 N–H and O–H groups in total. The Hall–Kier alpha value is -0.790. The normalized spacial score (nSPS) is 21.8. The van der Waals surface area contributed by atoms with E-state index in [0.717, 1.165) is 37.9 Å². The minimum Gasteiger partial charge on any atom is -0.431 e. The predicted molar refractivity (Wildman–Crippen MR) is 56.8 cm³/mol. The van der Waals surface area contributed by atoms with Crippen molar-refractivity contribution < 1.29 is 9.53 Å². The number of esters is 1. The Morgan fingerprint density at radius 1 is 1.36 bits per heavy atom. The van der Waals surface area contributed by atoms with Gasteiger partial charge in [-0.25, -0.2) is 0 Å². The topological polar surface area (TPSA) is 26.3 Å². The molecule has 14 heavy (non-hydrogen) atoms.